The summed E-state index contributed by atoms with van der Waals surface area (Å²) in [6.07, 6.45) is 1.63. The van der Waals surface area contributed by atoms with Gasteiger partial charge in [0.15, 0.2) is 0 Å². The van der Waals surface area contributed by atoms with E-state index in [9.17, 15) is 5.11 Å². The molecule has 1 fully saturated rings. The summed E-state index contributed by atoms with van der Waals surface area (Å²) in [5, 5.41) is 16.7. The Balaban J connectivity index is 1.77. The predicted octanol–water partition coefficient (Wildman–Crippen LogP) is 2.18. The number of hydrazone groups is 1. The van der Waals surface area contributed by atoms with Gasteiger partial charge in [-0.05, 0) is 51.5 Å². The van der Waals surface area contributed by atoms with E-state index in [1.165, 1.54) is 11.3 Å². The van der Waals surface area contributed by atoms with Crippen LogP contribution in [0.25, 0.3) is 0 Å². The Morgan fingerprint density at radius 1 is 1.28 bits per heavy atom. The number of aromatic hydroxyl groups is 1. The smallest absolute Gasteiger partial charge is 0.498 e. The highest BCUT2D eigenvalue weighted by molar-refractivity contribution is 7.14. The SMILES string of the molecule is CC1(C)OB(c2cc(C=NNc3nc(N)cs3)ccc2O)OC1(C)C. The number of benzene rings is 1. The van der Waals surface area contributed by atoms with E-state index < -0.39 is 18.3 Å². The summed E-state index contributed by atoms with van der Waals surface area (Å²) in [4.78, 5) is 4.06. The third-order valence-electron chi connectivity index (χ3n) is 4.45. The number of nitrogens with one attached hydrogen (secondary N) is 1. The molecule has 0 saturated carbocycles. The van der Waals surface area contributed by atoms with Gasteiger partial charge in [0.2, 0.25) is 5.13 Å². The van der Waals surface area contributed by atoms with Crippen LogP contribution in [-0.2, 0) is 9.31 Å². The van der Waals surface area contributed by atoms with Gasteiger partial charge < -0.3 is 20.1 Å². The van der Waals surface area contributed by atoms with Gasteiger partial charge >= 0.3 is 7.12 Å². The second-order valence-electron chi connectivity index (χ2n) is 6.85. The summed E-state index contributed by atoms with van der Waals surface area (Å²) in [7, 11) is -0.634. The molecule has 0 bridgehead atoms. The molecule has 2 aromatic rings. The first kappa shape index (κ1) is 17.7. The second kappa shape index (κ2) is 6.32. The normalized spacial score (nSPS) is 18.8. The zero-order chi connectivity index (χ0) is 18.2. The van der Waals surface area contributed by atoms with Crippen molar-refractivity contribution in [1.29, 1.82) is 0 Å². The minimum atomic E-state index is -0.634. The fourth-order valence-electron chi connectivity index (χ4n) is 2.31. The van der Waals surface area contributed by atoms with Crippen molar-refractivity contribution in [3.63, 3.8) is 0 Å². The number of thiazole rings is 1. The Hall–Kier alpha value is -2.10. The van der Waals surface area contributed by atoms with E-state index >= 15 is 0 Å². The summed E-state index contributed by atoms with van der Waals surface area (Å²) in [5.41, 5.74) is 8.80. The Labute approximate surface area is 151 Å². The minimum absolute atomic E-state index is 0.122. The van der Waals surface area contributed by atoms with Gasteiger partial charge in [0.25, 0.3) is 0 Å². The Bertz CT molecular complexity index is 790. The van der Waals surface area contributed by atoms with Crippen LogP contribution in [0.1, 0.15) is 33.3 Å². The van der Waals surface area contributed by atoms with E-state index in [-0.39, 0.29) is 5.75 Å². The average Bonchev–Trinajstić information content (AvgIpc) is 3.01. The van der Waals surface area contributed by atoms with Gasteiger partial charge in [-0.1, -0.05) is 0 Å². The number of hydrogen-bond acceptors (Lipinski definition) is 8. The zero-order valence-corrected chi connectivity index (χ0v) is 15.4. The highest BCUT2D eigenvalue weighted by Crippen LogP contribution is 2.37. The molecule has 0 unspecified atom stereocenters. The van der Waals surface area contributed by atoms with Gasteiger partial charge in [-0.15, -0.1) is 11.3 Å². The number of phenolic OH excluding ortho intramolecular Hbond substituents is 1. The molecule has 1 aliphatic heterocycles. The summed E-state index contributed by atoms with van der Waals surface area (Å²) in [6.45, 7) is 7.88. The highest BCUT2D eigenvalue weighted by atomic mass is 32.1. The van der Waals surface area contributed by atoms with Crippen LogP contribution >= 0.6 is 11.3 Å². The van der Waals surface area contributed by atoms with Crippen molar-refractivity contribution in [2.75, 3.05) is 11.2 Å². The number of phenols is 1. The lowest BCUT2D eigenvalue weighted by Gasteiger charge is -2.32. The van der Waals surface area contributed by atoms with Crippen LogP contribution in [0.3, 0.4) is 0 Å². The molecule has 1 aromatic heterocycles. The van der Waals surface area contributed by atoms with Gasteiger partial charge in [0, 0.05) is 10.8 Å². The fourth-order valence-corrected chi connectivity index (χ4v) is 2.86. The van der Waals surface area contributed by atoms with Crippen LogP contribution in [0.15, 0.2) is 28.7 Å². The molecular formula is C16H21BN4O3S. The molecule has 0 radical (unpaired) electrons. The molecule has 1 aliphatic rings. The van der Waals surface area contributed by atoms with Crippen molar-refractivity contribution < 1.29 is 14.4 Å². The maximum absolute atomic E-state index is 10.2. The zero-order valence-electron chi connectivity index (χ0n) is 14.6. The number of nitrogens with two attached hydrogens (primary N) is 1. The second-order valence-corrected chi connectivity index (χ2v) is 7.71. The van der Waals surface area contributed by atoms with Crippen molar-refractivity contribution in [1.82, 2.24) is 4.98 Å². The number of aromatic nitrogens is 1. The molecule has 4 N–H and O–H groups in total. The first-order chi connectivity index (χ1) is 11.7. The maximum Gasteiger partial charge on any atom is 0.498 e. The Morgan fingerprint density at radius 3 is 2.56 bits per heavy atom. The standard InChI is InChI=1S/C16H21BN4O3S/c1-15(2)16(3,4)24-17(23-15)11-7-10(5-6-12(11)22)8-19-21-14-20-13(18)9-25-14/h5-9,22H,18H2,1-4H3,(H,20,21). The van der Waals surface area contributed by atoms with Gasteiger partial charge in [-0.2, -0.15) is 5.10 Å². The quantitative estimate of drug-likeness (QED) is 0.439. The van der Waals surface area contributed by atoms with E-state index in [1.54, 1.807) is 29.8 Å². The van der Waals surface area contributed by atoms with Crippen LogP contribution in [0.2, 0.25) is 0 Å². The fraction of sp³-hybridized carbons (Fsp3) is 0.375. The molecule has 0 amide bonds. The molecule has 1 aromatic carbocycles. The highest BCUT2D eigenvalue weighted by Gasteiger charge is 2.52. The van der Waals surface area contributed by atoms with Gasteiger partial charge in [-0.3, -0.25) is 5.43 Å². The molecule has 132 valence electrons. The third kappa shape index (κ3) is 3.63. The maximum atomic E-state index is 10.2. The molecule has 3 rings (SSSR count). The number of hydrogen-bond donors (Lipinski definition) is 3. The summed E-state index contributed by atoms with van der Waals surface area (Å²) >= 11 is 1.37. The Kier molecular flexibility index (Phi) is 4.48. The van der Waals surface area contributed by atoms with E-state index in [2.05, 4.69) is 15.5 Å². The molecule has 0 atom stereocenters. The predicted molar refractivity (Wildman–Crippen MR) is 102 cm³/mol. The van der Waals surface area contributed by atoms with E-state index in [1.807, 2.05) is 27.7 Å². The minimum Gasteiger partial charge on any atom is -0.508 e. The molecule has 7 nitrogen and oxygen atoms in total. The number of anilines is 2. The topological polar surface area (TPSA) is 102 Å². The lowest BCUT2D eigenvalue weighted by molar-refractivity contribution is 0.00578. The van der Waals surface area contributed by atoms with Crippen LogP contribution < -0.4 is 16.6 Å². The molecule has 0 spiro atoms. The van der Waals surface area contributed by atoms with E-state index in [0.717, 1.165) is 5.56 Å². The van der Waals surface area contributed by atoms with Gasteiger partial charge in [0.1, 0.15) is 11.6 Å². The number of nitrogen functional groups attached to an aromatic ring is 1. The monoisotopic (exact) mass is 360 g/mol. The molecule has 9 heteroatoms. The molecule has 2 heterocycles. The van der Waals surface area contributed by atoms with Crippen LogP contribution in [0, 0.1) is 0 Å². The van der Waals surface area contributed by atoms with Gasteiger partial charge in [-0.25, -0.2) is 4.98 Å². The lowest BCUT2D eigenvalue weighted by atomic mass is 9.77. The number of rotatable bonds is 4. The largest absolute Gasteiger partial charge is 0.508 e. The van der Waals surface area contributed by atoms with Crippen molar-refractivity contribution in [3.05, 3.63) is 29.1 Å². The summed E-state index contributed by atoms with van der Waals surface area (Å²) in [5.74, 6) is 0.576. The van der Waals surface area contributed by atoms with Crippen molar-refractivity contribution in [3.8, 4) is 5.75 Å². The molecular weight excluding hydrogens is 339 g/mol. The average molecular weight is 360 g/mol. The first-order valence-electron chi connectivity index (χ1n) is 7.86. The summed E-state index contributed by atoms with van der Waals surface area (Å²) in [6, 6.07) is 5.15. The Morgan fingerprint density at radius 2 is 1.96 bits per heavy atom. The van der Waals surface area contributed by atoms with Crippen LogP contribution in [0.4, 0.5) is 10.9 Å². The molecule has 25 heavy (non-hydrogen) atoms. The van der Waals surface area contributed by atoms with Gasteiger partial charge in [0.05, 0.1) is 17.4 Å². The van der Waals surface area contributed by atoms with Crippen molar-refractivity contribution in [2.45, 2.75) is 38.9 Å². The van der Waals surface area contributed by atoms with Crippen molar-refractivity contribution in [2.24, 2.45) is 5.10 Å². The van der Waals surface area contributed by atoms with Crippen LogP contribution in [-0.4, -0.2) is 34.6 Å². The lowest BCUT2D eigenvalue weighted by Crippen LogP contribution is -2.41. The number of nitrogens with zero attached hydrogens (tertiary/aromatic N) is 2. The first-order valence-corrected chi connectivity index (χ1v) is 8.74. The third-order valence-corrected chi connectivity index (χ3v) is 5.22. The van der Waals surface area contributed by atoms with E-state index in [0.29, 0.717) is 16.4 Å². The van der Waals surface area contributed by atoms with Crippen LogP contribution in [0.5, 0.6) is 5.75 Å². The van der Waals surface area contributed by atoms with Crippen molar-refractivity contribution >= 4 is 41.1 Å². The van der Waals surface area contributed by atoms with E-state index in [4.69, 9.17) is 15.0 Å². The summed E-state index contributed by atoms with van der Waals surface area (Å²) < 4.78 is 12.0. The molecule has 1 saturated heterocycles. The molecule has 0 aliphatic carbocycles.